The van der Waals surface area contributed by atoms with Gasteiger partial charge in [0.2, 0.25) is 0 Å². The van der Waals surface area contributed by atoms with E-state index in [0.29, 0.717) is 28.5 Å². The molecule has 2 rings (SSSR count). The Bertz CT molecular complexity index is 699. The van der Waals surface area contributed by atoms with Crippen LogP contribution in [0.5, 0.6) is 17.2 Å². The maximum Gasteiger partial charge on any atom is 0.259 e. The Morgan fingerprint density at radius 2 is 1.50 bits per heavy atom. The molecule has 0 spiro atoms. The predicted octanol–water partition coefficient (Wildman–Crippen LogP) is 2.68. The largest absolute Gasteiger partial charge is 0.496 e. The van der Waals surface area contributed by atoms with E-state index in [1.54, 1.807) is 12.1 Å². The number of nitrogens with one attached hydrogen (secondary N) is 2. The molecule has 2 N–H and O–H groups in total. The van der Waals surface area contributed by atoms with Crippen molar-refractivity contribution >= 4 is 11.6 Å². The molecule has 6 heteroatoms. The van der Waals surface area contributed by atoms with Gasteiger partial charge in [-0.05, 0) is 24.7 Å². The van der Waals surface area contributed by atoms with Crippen LogP contribution in [0.25, 0.3) is 0 Å². The number of benzene rings is 2. The third-order valence-electron chi connectivity index (χ3n) is 3.54. The highest BCUT2D eigenvalue weighted by molar-refractivity contribution is 6.06. The molecule has 2 aromatic carbocycles. The van der Waals surface area contributed by atoms with Crippen molar-refractivity contribution in [1.82, 2.24) is 5.32 Å². The lowest BCUT2D eigenvalue weighted by Crippen LogP contribution is -2.14. The van der Waals surface area contributed by atoms with Crippen LogP contribution in [-0.2, 0) is 6.54 Å². The van der Waals surface area contributed by atoms with Crippen molar-refractivity contribution < 1.29 is 19.0 Å². The second-order valence-corrected chi connectivity index (χ2v) is 5.09. The van der Waals surface area contributed by atoms with Crippen LogP contribution < -0.4 is 24.8 Å². The average molecular weight is 330 g/mol. The quantitative estimate of drug-likeness (QED) is 0.817. The van der Waals surface area contributed by atoms with Gasteiger partial charge < -0.3 is 24.8 Å². The molecule has 6 nitrogen and oxygen atoms in total. The first kappa shape index (κ1) is 17.6. The lowest BCUT2D eigenvalue weighted by molar-refractivity contribution is 0.102. The van der Waals surface area contributed by atoms with Crippen molar-refractivity contribution in [2.24, 2.45) is 0 Å². The maximum absolute atomic E-state index is 12.6. The summed E-state index contributed by atoms with van der Waals surface area (Å²) in [4.78, 5) is 12.6. The third-order valence-corrected chi connectivity index (χ3v) is 3.54. The summed E-state index contributed by atoms with van der Waals surface area (Å²) in [5.41, 5.74) is 2.21. The number of carbonyl (C=O) groups excluding carboxylic acids is 1. The van der Waals surface area contributed by atoms with Crippen LogP contribution in [0.15, 0.2) is 36.4 Å². The molecule has 2 aromatic rings. The van der Waals surface area contributed by atoms with Crippen molar-refractivity contribution in [2.75, 3.05) is 33.7 Å². The number of methoxy groups -OCH3 is 3. The van der Waals surface area contributed by atoms with Crippen molar-refractivity contribution in [3.8, 4) is 17.2 Å². The van der Waals surface area contributed by atoms with Crippen LogP contribution in [0.2, 0.25) is 0 Å². The highest BCUT2D eigenvalue weighted by Crippen LogP contribution is 2.34. The Morgan fingerprint density at radius 1 is 0.917 bits per heavy atom. The normalized spacial score (nSPS) is 10.2. The molecule has 0 fully saturated rings. The van der Waals surface area contributed by atoms with Crippen molar-refractivity contribution in [2.45, 2.75) is 6.54 Å². The highest BCUT2D eigenvalue weighted by atomic mass is 16.5. The first-order chi connectivity index (χ1) is 11.6. The second-order valence-electron chi connectivity index (χ2n) is 5.09. The maximum atomic E-state index is 12.6. The Balaban J connectivity index is 2.25. The molecule has 1 amide bonds. The van der Waals surface area contributed by atoms with Crippen LogP contribution >= 0.6 is 0 Å². The molecular weight excluding hydrogens is 308 g/mol. The first-order valence-corrected chi connectivity index (χ1v) is 7.47. The minimum Gasteiger partial charge on any atom is -0.496 e. The van der Waals surface area contributed by atoms with Crippen LogP contribution in [0.3, 0.4) is 0 Å². The Hall–Kier alpha value is -2.73. The van der Waals surface area contributed by atoms with E-state index in [2.05, 4.69) is 10.6 Å². The lowest BCUT2D eigenvalue weighted by Gasteiger charge is -2.14. The van der Waals surface area contributed by atoms with Gasteiger partial charge in [0.05, 0.1) is 26.9 Å². The zero-order chi connectivity index (χ0) is 17.5. The summed E-state index contributed by atoms with van der Waals surface area (Å²) in [6.45, 7) is 0.776. The molecule has 0 saturated heterocycles. The van der Waals surface area contributed by atoms with Gasteiger partial charge >= 0.3 is 0 Å². The second kappa shape index (κ2) is 8.21. The number of anilines is 1. The van der Waals surface area contributed by atoms with Crippen molar-refractivity contribution in [3.05, 3.63) is 47.5 Å². The van der Waals surface area contributed by atoms with Gasteiger partial charge in [-0.15, -0.1) is 0 Å². The molecule has 0 heterocycles. The van der Waals surface area contributed by atoms with Crippen LogP contribution in [0, 0.1) is 0 Å². The highest BCUT2D eigenvalue weighted by Gasteiger charge is 2.17. The number of ether oxygens (including phenoxy) is 3. The minimum atomic E-state index is -0.283. The van der Waals surface area contributed by atoms with Crippen LogP contribution in [-0.4, -0.2) is 34.3 Å². The number of rotatable bonds is 7. The van der Waals surface area contributed by atoms with E-state index < -0.39 is 0 Å². The molecule has 0 unspecified atom stereocenters. The van der Waals surface area contributed by atoms with Crippen LogP contribution in [0.1, 0.15) is 15.9 Å². The standard InChI is InChI=1S/C18H22N2O4/c1-19-11-12-5-7-13(8-6-12)20-18(21)14-9-16(23-3)17(24-4)10-15(14)22-2/h5-10,19H,11H2,1-4H3,(H,20,21). The van der Waals surface area contributed by atoms with Gasteiger partial charge in [-0.25, -0.2) is 0 Å². The van der Waals surface area contributed by atoms with Gasteiger partial charge in [0.1, 0.15) is 5.75 Å². The molecular formula is C18H22N2O4. The molecule has 0 radical (unpaired) electrons. The Labute approximate surface area is 141 Å². The predicted molar refractivity (Wildman–Crippen MR) is 93.3 cm³/mol. The zero-order valence-corrected chi connectivity index (χ0v) is 14.3. The molecule has 0 atom stereocenters. The fourth-order valence-corrected chi connectivity index (χ4v) is 2.32. The fourth-order valence-electron chi connectivity index (χ4n) is 2.32. The first-order valence-electron chi connectivity index (χ1n) is 7.47. The summed E-state index contributed by atoms with van der Waals surface area (Å²) < 4.78 is 15.8. The summed E-state index contributed by atoms with van der Waals surface area (Å²) in [5.74, 6) is 1.10. The van der Waals surface area contributed by atoms with E-state index in [1.807, 2.05) is 31.3 Å². The summed E-state index contributed by atoms with van der Waals surface area (Å²) in [6, 6.07) is 10.9. The average Bonchev–Trinajstić information content (AvgIpc) is 2.62. The zero-order valence-electron chi connectivity index (χ0n) is 14.3. The van der Waals surface area contributed by atoms with E-state index in [9.17, 15) is 4.79 Å². The van der Waals surface area contributed by atoms with Crippen LogP contribution in [0.4, 0.5) is 5.69 Å². The van der Waals surface area contributed by atoms with Gasteiger partial charge in [0.15, 0.2) is 11.5 Å². The van der Waals surface area contributed by atoms with Gasteiger partial charge in [-0.3, -0.25) is 4.79 Å². The smallest absolute Gasteiger partial charge is 0.259 e. The number of hydrogen-bond acceptors (Lipinski definition) is 5. The SMILES string of the molecule is CNCc1ccc(NC(=O)c2cc(OC)c(OC)cc2OC)cc1. The summed E-state index contributed by atoms with van der Waals surface area (Å²) >= 11 is 0. The Morgan fingerprint density at radius 3 is 2.04 bits per heavy atom. The number of amides is 1. The van der Waals surface area contributed by atoms with Gasteiger partial charge in [-0.1, -0.05) is 12.1 Å². The molecule has 0 aliphatic heterocycles. The van der Waals surface area contributed by atoms with Gasteiger partial charge in [-0.2, -0.15) is 0 Å². The summed E-state index contributed by atoms with van der Waals surface area (Å²) in [7, 11) is 6.44. The minimum absolute atomic E-state index is 0.283. The van der Waals surface area contributed by atoms with Gasteiger partial charge in [0.25, 0.3) is 5.91 Å². The fraction of sp³-hybridized carbons (Fsp3) is 0.278. The Kier molecular flexibility index (Phi) is 6.03. The molecule has 24 heavy (non-hydrogen) atoms. The lowest BCUT2D eigenvalue weighted by atomic mass is 10.1. The number of carbonyl (C=O) groups is 1. The molecule has 0 saturated carbocycles. The molecule has 0 aromatic heterocycles. The molecule has 0 aliphatic rings. The number of hydrogen-bond donors (Lipinski definition) is 2. The van der Waals surface area contributed by atoms with E-state index >= 15 is 0 Å². The van der Waals surface area contributed by atoms with E-state index in [0.717, 1.165) is 12.1 Å². The van der Waals surface area contributed by atoms with Crippen molar-refractivity contribution in [1.29, 1.82) is 0 Å². The molecule has 128 valence electrons. The molecule has 0 bridgehead atoms. The topological polar surface area (TPSA) is 68.8 Å². The van der Waals surface area contributed by atoms with Crippen molar-refractivity contribution in [3.63, 3.8) is 0 Å². The summed E-state index contributed by atoms with van der Waals surface area (Å²) in [5, 5.41) is 5.93. The van der Waals surface area contributed by atoms with E-state index in [4.69, 9.17) is 14.2 Å². The van der Waals surface area contributed by atoms with Gasteiger partial charge in [0, 0.05) is 24.4 Å². The van der Waals surface area contributed by atoms with E-state index in [1.165, 1.54) is 21.3 Å². The molecule has 0 aliphatic carbocycles. The third kappa shape index (κ3) is 3.97. The summed E-state index contributed by atoms with van der Waals surface area (Å²) in [6.07, 6.45) is 0. The van der Waals surface area contributed by atoms with E-state index in [-0.39, 0.29) is 5.91 Å². The monoisotopic (exact) mass is 330 g/mol.